The third-order valence-electron chi connectivity index (χ3n) is 4.19. The molecule has 0 saturated carbocycles. The maximum absolute atomic E-state index is 12.5. The highest BCUT2D eigenvalue weighted by Crippen LogP contribution is 2.21. The van der Waals surface area contributed by atoms with Crippen molar-refractivity contribution in [1.29, 1.82) is 0 Å². The fraction of sp³-hybridized carbons (Fsp3) is 0.333. The molecule has 0 bridgehead atoms. The summed E-state index contributed by atoms with van der Waals surface area (Å²) in [5.41, 5.74) is 0.924. The molecule has 25 heavy (non-hydrogen) atoms. The van der Waals surface area contributed by atoms with Crippen molar-refractivity contribution in [2.24, 2.45) is 0 Å². The van der Waals surface area contributed by atoms with Gasteiger partial charge in [0.15, 0.2) is 0 Å². The Hall–Kier alpha value is -1.89. The molecule has 0 spiro atoms. The second kappa shape index (κ2) is 7.99. The molecule has 2 amide bonds. The molecule has 0 aliphatic carbocycles. The van der Waals surface area contributed by atoms with Crippen molar-refractivity contribution >= 4 is 34.8 Å². The summed E-state index contributed by atoms with van der Waals surface area (Å²) >= 11 is 7.36. The third-order valence-corrected chi connectivity index (χ3v) is 5.32. The number of β-amino-alcohol motifs (C(OH)–C–C–N with tert-alkyl or cyclic N) is 1. The summed E-state index contributed by atoms with van der Waals surface area (Å²) in [6.45, 7) is 0.554. The zero-order valence-electron chi connectivity index (χ0n) is 13.5. The molecule has 7 heteroatoms. The van der Waals surface area contributed by atoms with Crippen LogP contribution in [0.4, 0.5) is 0 Å². The Bertz CT molecular complexity index is 733. The summed E-state index contributed by atoms with van der Waals surface area (Å²) in [6.07, 6.45) is -0.146. The maximum Gasteiger partial charge on any atom is 0.243 e. The molecule has 2 atom stereocenters. The fourth-order valence-corrected chi connectivity index (χ4v) is 3.73. The Balaban J connectivity index is 1.61. The van der Waals surface area contributed by atoms with Crippen LogP contribution in [0.3, 0.4) is 0 Å². The van der Waals surface area contributed by atoms with Gasteiger partial charge in [0.05, 0.1) is 12.5 Å². The van der Waals surface area contributed by atoms with Crippen molar-refractivity contribution in [3.63, 3.8) is 0 Å². The molecule has 1 aromatic carbocycles. The number of carbonyl (C=O) groups is 2. The third kappa shape index (κ3) is 4.60. The van der Waals surface area contributed by atoms with Crippen molar-refractivity contribution in [3.8, 4) is 0 Å². The first-order chi connectivity index (χ1) is 12.0. The number of halogens is 1. The van der Waals surface area contributed by atoms with Crippen LogP contribution in [-0.2, 0) is 22.6 Å². The Kier molecular flexibility index (Phi) is 5.73. The molecule has 2 aromatic rings. The van der Waals surface area contributed by atoms with Crippen LogP contribution in [0, 0.1) is 0 Å². The summed E-state index contributed by atoms with van der Waals surface area (Å²) in [7, 11) is 0. The van der Waals surface area contributed by atoms with Crippen molar-refractivity contribution in [2.45, 2.75) is 31.5 Å². The van der Waals surface area contributed by atoms with Gasteiger partial charge in [-0.2, -0.15) is 0 Å². The van der Waals surface area contributed by atoms with Crippen LogP contribution in [0.2, 0.25) is 5.02 Å². The highest BCUT2D eigenvalue weighted by Gasteiger charge is 2.38. The molecule has 1 saturated heterocycles. The topological polar surface area (TPSA) is 69.6 Å². The van der Waals surface area contributed by atoms with E-state index in [1.807, 2.05) is 29.6 Å². The Morgan fingerprint density at radius 3 is 2.72 bits per heavy atom. The van der Waals surface area contributed by atoms with Gasteiger partial charge in [0.25, 0.3) is 0 Å². The average molecular weight is 379 g/mol. The molecule has 1 unspecified atom stereocenters. The fourth-order valence-electron chi connectivity index (χ4n) is 2.91. The number of nitrogens with one attached hydrogen (secondary N) is 1. The van der Waals surface area contributed by atoms with Gasteiger partial charge < -0.3 is 15.3 Å². The van der Waals surface area contributed by atoms with Crippen LogP contribution in [0.1, 0.15) is 16.9 Å². The van der Waals surface area contributed by atoms with E-state index in [1.165, 1.54) is 16.2 Å². The number of thiophene rings is 1. The zero-order chi connectivity index (χ0) is 17.8. The molecule has 132 valence electrons. The number of hydrogen-bond donors (Lipinski definition) is 2. The van der Waals surface area contributed by atoms with Gasteiger partial charge in [0.2, 0.25) is 11.8 Å². The number of carbonyl (C=O) groups excluding carboxylic acids is 2. The number of hydrogen-bond acceptors (Lipinski definition) is 4. The van der Waals surface area contributed by atoms with Crippen LogP contribution in [-0.4, -0.2) is 40.5 Å². The molecule has 1 aromatic heterocycles. The van der Waals surface area contributed by atoms with E-state index in [0.29, 0.717) is 11.6 Å². The molecule has 0 radical (unpaired) electrons. The van der Waals surface area contributed by atoms with Crippen molar-refractivity contribution < 1.29 is 14.7 Å². The number of aliphatic hydroxyl groups is 1. The first-order valence-electron chi connectivity index (χ1n) is 8.05. The van der Waals surface area contributed by atoms with Crippen LogP contribution in [0.15, 0.2) is 41.8 Å². The molecule has 2 heterocycles. The minimum Gasteiger partial charge on any atom is -0.391 e. The van der Waals surface area contributed by atoms with E-state index < -0.39 is 12.1 Å². The highest BCUT2D eigenvalue weighted by atomic mass is 35.5. The summed E-state index contributed by atoms with van der Waals surface area (Å²) < 4.78 is 0. The van der Waals surface area contributed by atoms with Gasteiger partial charge in [-0.15, -0.1) is 11.3 Å². The van der Waals surface area contributed by atoms with Gasteiger partial charge in [-0.1, -0.05) is 29.8 Å². The Morgan fingerprint density at radius 1 is 1.28 bits per heavy atom. The van der Waals surface area contributed by atoms with Gasteiger partial charge in [-0.05, 0) is 29.1 Å². The van der Waals surface area contributed by atoms with E-state index in [-0.39, 0.29) is 31.2 Å². The summed E-state index contributed by atoms with van der Waals surface area (Å²) in [5, 5.41) is 15.3. The molecular formula is C18H19ClN2O3S. The summed E-state index contributed by atoms with van der Waals surface area (Å²) in [4.78, 5) is 27.5. The molecule has 2 N–H and O–H groups in total. The molecule has 5 nitrogen and oxygen atoms in total. The lowest BCUT2D eigenvalue weighted by Crippen LogP contribution is -2.46. The van der Waals surface area contributed by atoms with Crippen molar-refractivity contribution in [2.75, 3.05) is 6.54 Å². The predicted octanol–water partition coefficient (Wildman–Crippen LogP) is 2.22. The van der Waals surface area contributed by atoms with Gasteiger partial charge >= 0.3 is 0 Å². The van der Waals surface area contributed by atoms with Gasteiger partial charge in [-0.3, -0.25) is 9.59 Å². The largest absolute Gasteiger partial charge is 0.391 e. The predicted molar refractivity (Wildman–Crippen MR) is 97.4 cm³/mol. The van der Waals surface area contributed by atoms with Gasteiger partial charge in [0, 0.05) is 29.4 Å². The lowest BCUT2D eigenvalue weighted by Gasteiger charge is -2.23. The van der Waals surface area contributed by atoms with Gasteiger partial charge in [-0.25, -0.2) is 0 Å². The van der Waals surface area contributed by atoms with Crippen LogP contribution < -0.4 is 5.32 Å². The molecule has 1 aliphatic heterocycles. The minimum atomic E-state index is -0.668. The lowest BCUT2D eigenvalue weighted by atomic mass is 10.1. The number of benzene rings is 1. The zero-order valence-corrected chi connectivity index (χ0v) is 15.1. The minimum absolute atomic E-state index is 0.134. The molecular weight excluding hydrogens is 360 g/mol. The van der Waals surface area contributed by atoms with Crippen molar-refractivity contribution in [3.05, 3.63) is 57.2 Å². The van der Waals surface area contributed by atoms with E-state index in [0.717, 1.165) is 10.4 Å². The second-order valence-electron chi connectivity index (χ2n) is 6.05. The number of aliphatic hydroxyl groups excluding tert-OH is 1. The molecule has 1 fully saturated rings. The van der Waals surface area contributed by atoms with Crippen LogP contribution >= 0.6 is 22.9 Å². The average Bonchev–Trinajstić information content (AvgIpc) is 3.23. The first-order valence-corrected chi connectivity index (χ1v) is 9.31. The molecule has 3 rings (SSSR count). The van der Waals surface area contributed by atoms with E-state index >= 15 is 0 Å². The van der Waals surface area contributed by atoms with E-state index in [9.17, 15) is 14.7 Å². The summed E-state index contributed by atoms with van der Waals surface area (Å²) in [6, 6.07) is 10.4. The van der Waals surface area contributed by atoms with E-state index in [2.05, 4.69) is 5.32 Å². The number of likely N-dealkylation sites (tertiary alicyclic amines) is 1. The van der Waals surface area contributed by atoms with Crippen LogP contribution in [0.5, 0.6) is 0 Å². The monoisotopic (exact) mass is 378 g/mol. The highest BCUT2D eigenvalue weighted by molar-refractivity contribution is 7.10. The van der Waals surface area contributed by atoms with E-state index in [1.54, 1.807) is 12.1 Å². The first kappa shape index (κ1) is 17.9. The van der Waals surface area contributed by atoms with Gasteiger partial charge in [0.1, 0.15) is 6.04 Å². The number of rotatable bonds is 5. The SMILES string of the molecule is O=C(NCc1ccc(Cl)cc1)[C@@H]1CC(O)CN1C(=O)Cc1cccs1. The Labute approximate surface area is 155 Å². The smallest absolute Gasteiger partial charge is 0.243 e. The quantitative estimate of drug-likeness (QED) is 0.838. The van der Waals surface area contributed by atoms with Crippen molar-refractivity contribution in [1.82, 2.24) is 10.2 Å². The normalized spacial score (nSPS) is 19.8. The lowest BCUT2D eigenvalue weighted by molar-refractivity contribution is -0.138. The molecule has 1 aliphatic rings. The summed E-state index contributed by atoms with van der Waals surface area (Å²) in [5.74, 6) is -0.378. The standard InChI is InChI=1S/C18H19ClN2O3S/c19-13-5-3-12(4-6-13)10-20-18(24)16-8-14(22)11-21(16)17(23)9-15-2-1-7-25-15/h1-7,14,16,22H,8-11H2,(H,20,24)/t14?,16-/m0/s1. The maximum atomic E-state index is 12.5. The number of amides is 2. The van der Waals surface area contributed by atoms with E-state index in [4.69, 9.17) is 11.6 Å². The van der Waals surface area contributed by atoms with Crippen LogP contribution in [0.25, 0.3) is 0 Å². The second-order valence-corrected chi connectivity index (χ2v) is 7.52. The Morgan fingerprint density at radius 2 is 2.04 bits per heavy atom. The number of nitrogens with zero attached hydrogens (tertiary/aromatic N) is 1.